The Morgan fingerprint density at radius 2 is 1.93 bits per heavy atom. The van der Waals surface area contributed by atoms with Gasteiger partial charge in [0.15, 0.2) is 0 Å². The molecule has 0 saturated heterocycles. The second-order valence-electron chi connectivity index (χ2n) is 5.53. The summed E-state index contributed by atoms with van der Waals surface area (Å²) in [6, 6.07) is 7.17. The maximum absolute atomic E-state index is 12.6. The number of nitrogens with one attached hydrogen (secondary N) is 1. The van der Waals surface area contributed by atoms with Crippen LogP contribution in [-0.4, -0.2) is 37.6 Å². The number of benzene rings is 1. The molecule has 1 heterocycles. The Balaban J connectivity index is 2.19. The number of sulfonamides is 1. The zero-order valence-corrected chi connectivity index (χ0v) is 16.7. The first-order chi connectivity index (χ1) is 12.8. The number of ether oxygens (including phenoxy) is 1. The second-order valence-corrected chi connectivity index (χ2v) is 8.26. The molecular weight excluding hydrogens is 415 g/mol. The van der Waals surface area contributed by atoms with Crippen molar-refractivity contribution < 1.29 is 23.1 Å². The van der Waals surface area contributed by atoms with Crippen LogP contribution in [0.2, 0.25) is 10.0 Å². The average molecular weight is 433 g/mol. The highest BCUT2D eigenvalue weighted by molar-refractivity contribution is 7.90. The van der Waals surface area contributed by atoms with Gasteiger partial charge in [0.1, 0.15) is 5.25 Å². The summed E-state index contributed by atoms with van der Waals surface area (Å²) in [5, 5.41) is 8.57. The van der Waals surface area contributed by atoms with Crippen LogP contribution in [-0.2, 0) is 21.4 Å². The fraction of sp³-hybridized carbons (Fsp3) is 0.294. The molecule has 1 amide bonds. The lowest BCUT2D eigenvalue weighted by atomic mass is 10.1. The number of nitrogens with zero attached hydrogens (tertiary/aromatic N) is 1. The SMILES string of the molecule is CCOCc1ccc(C(=O)NS(=O)(=O)C(CO)c2cc(Cl)cc(Cl)c2)cn1. The van der Waals surface area contributed by atoms with E-state index in [0.717, 1.165) is 0 Å². The molecule has 2 aromatic rings. The third-order valence-electron chi connectivity index (χ3n) is 3.57. The number of aliphatic hydroxyl groups is 1. The van der Waals surface area contributed by atoms with Crippen molar-refractivity contribution in [1.29, 1.82) is 0 Å². The van der Waals surface area contributed by atoms with Gasteiger partial charge in [-0.1, -0.05) is 23.2 Å². The number of aromatic nitrogens is 1. The normalized spacial score (nSPS) is 12.6. The van der Waals surface area contributed by atoms with Crippen LogP contribution in [0.15, 0.2) is 36.5 Å². The van der Waals surface area contributed by atoms with Gasteiger partial charge < -0.3 is 9.84 Å². The Morgan fingerprint density at radius 1 is 1.26 bits per heavy atom. The maximum atomic E-state index is 12.6. The number of aliphatic hydroxyl groups excluding tert-OH is 1. The monoisotopic (exact) mass is 432 g/mol. The fourth-order valence-corrected chi connectivity index (χ4v) is 4.01. The number of hydrogen-bond acceptors (Lipinski definition) is 6. The molecule has 0 bridgehead atoms. The first-order valence-electron chi connectivity index (χ1n) is 7.92. The van der Waals surface area contributed by atoms with Gasteiger partial charge in [0.2, 0.25) is 10.0 Å². The zero-order chi connectivity index (χ0) is 20.0. The van der Waals surface area contributed by atoms with Gasteiger partial charge in [-0.05, 0) is 42.8 Å². The summed E-state index contributed by atoms with van der Waals surface area (Å²) in [7, 11) is -4.25. The smallest absolute Gasteiger partial charge is 0.266 e. The average Bonchev–Trinajstić information content (AvgIpc) is 2.59. The molecular formula is C17H18Cl2N2O5S. The molecule has 2 N–H and O–H groups in total. The number of carbonyl (C=O) groups excluding carboxylic acids is 1. The van der Waals surface area contributed by atoms with Crippen molar-refractivity contribution in [3.8, 4) is 0 Å². The highest BCUT2D eigenvalue weighted by Crippen LogP contribution is 2.27. The maximum Gasteiger partial charge on any atom is 0.266 e. The van der Waals surface area contributed by atoms with Gasteiger partial charge in [-0.3, -0.25) is 9.78 Å². The van der Waals surface area contributed by atoms with E-state index in [4.69, 9.17) is 27.9 Å². The molecule has 1 aromatic carbocycles. The van der Waals surface area contributed by atoms with Gasteiger partial charge in [0.05, 0.1) is 24.5 Å². The Kier molecular flexibility index (Phi) is 7.58. The van der Waals surface area contributed by atoms with Gasteiger partial charge in [0.25, 0.3) is 5.91 Å². The molecule has 2 rings (SSSR count). The molecule has 146 valence electrons. The van der Waals surface area contributed by atoms with Crippen molar-refractivity contribution in [1.82, 2.24) is 9.71 Å². The molecule has 27 heavy (non-hydrogen) atoms. The Morgan fingerprint density at radius 3 is 2.44 bits per heavy atom. The summed E-state index contributed by atoms with van der Waals surface area (Å²) in [5.74, 6) is -0.864. The Labute approximate surface area is 167 Å². The highest BCUT2D eigenvalue weighted by atomic mass is 35.5. The first-order valence-corrected chi connectivity index (χ1v) is 10.2. The van der Waals surface area contributed by atoms with Gasteiger partial charge in [-0.15, -0.1) is 0 Å². The van der Waals surface area contributed by atoms with E-state index in [1.165, 1.54) is 30.5 Å². The second kappa shape index (κ2) is 9.48. The molecule has 1 unspecified atom stereocenters. The van der Waals surface area contributed by atoms with E-state index < -0.39 is 27.8 Å². The third-order valence-corrected chi connectivity index (χ3v) is 5.65. The summed E-state index contributed by atoms with van der Waals surface area (Å²) in [6.07, 6.45) is 1.25. The van der Waals surface area contributed by atoms with Crippen molar-refractivity contribution in [2.24, 2.45) is 0 Å². The minimum atomic E-state index is -4.25. The van der Waals surface area contributed by atoms with E-state index in [2.05, 4.69) is 4.98 Å². The molecule has 0 saturated carbocycles. The molecule has 0 aliphatic heterocycles. The molecule has 0 aliphatic carbocycles. The van der Waals surface area contributed by atoms with Gasteiger partial charge in [-0.2, -0.15) is 0 Å². The molecule has 1 aromatic heterocycles. The fourth-order valence-electron chi connectivity index (χ4n) is 2.25. The van der Waals surface area contributed by atoms with E-state index in [1.54, 1.807) is 6.07 Å². The van der Waals surface area contributed by atoms with Gasteiger partial charge in [0, 0.05) is 22.8 Å². The van der Waals surface area contributed by atoms with Gasteiger partial charge in [-0.25, -0.2) is 13.1 Å². The van der Waals surface area contributed by atoms with Crippen LogP contribution in [0.3, 0.4) is 0 Å². The third kappa shape index (κ3) is 5.88. The summed E-state index contributed by atoms with van der Waals surface area (Å²) >= 11 is 11.8. The van der Waals surface area contributed by atoms with Crippen LogP contribution in [0, 0.1) is 0 Å². The number of amides is 1. The minimum absolute atomic E-state index is 0.0552. The zero-order valence-electron chi connectivity index (χ0n) is 14.4. The number of rotatable bonds is 8. The van der Waals surface area contributed by atoms with Crippen molar-refractivity contribution >= 4 is 39.1 Å². The quantitative estimate of drug-likeness (QED) is 0.663. The predicted octanol–water partition coefficient (Wildman–Crippen LogP) is 2.72. The Bertz CT molecular complexity index is 884. The van der Waals surface area contributed by atoms with E-state index >= 15 is 0 Å². The van der Waals surface area contributed by atoms with Gasteiger partial charge >= 0.3 is 0 Å². The number of hydrogen-bond donors (Lipinski definition) is 2. The first kappa shape index (κ1) is 21.6. The number of halogens is 2. The lowest BCUT2D eigenvalue weighted by molar-refractivity contribution is 0.0980. The molecule has 1 atom stereocenters. The van der Waals surface area contributed by atoms with E-state index in [-0.39, 0.29) is 21.2 Å². The van der Waals surface area contributed by atoms with Crippen LogP contribution in [0.25, 0.3) is 0 Å². The lowest BCUT2D eigenvalue weighted by Gasteiger charge is -2.17. The largest absolute Gasteiger partial charge is 0.395 e. The molecule has 10 heteroatoms. The van der Waals surface area contributed by atoms with Crippen LogP contribution in [0.5, 0.6) is 0 Å². The van der Waals surface area contributed by atoms with Crippen molar-refractivity contribution in [2.45, 2.75) is 18.8 Å². The van der Waals surface area contributed by atoms with E-state index in [1.807, 2.05) is 11.6 Å². The standard InChI is InChI=1S/C17H18Cl2N2O5S/c1-2-26-10-15-4-3-11(8-20-15)17(23)21-27(24,25)16(9-22)12-5-13(18)7-14(19)6-12/h3-8,16,22H,2,9-10H2,1H3,(H,21,23). The van der Waals surface area contributed by atoms with Crippen molar-refractivity contribution in [2.75, 3.05) is 13.2 Å². The number of carbonyl (C=O) groups is 1. The van der Waals surface area contributed by atoms with Crippen LogP contribution < -0.4 is 4.72 Å². The highest BCUT2D eigenvalue weighted by Gasteiger charge is 2.29. The van der Waals surface area contributed by atoms with Crippen LogP contribution in [0.1, 0.15) is 33.8 Å². The summed E-state index contributed by atoms with van der Waals surface area (Å²) in [6.45, 7) is 1.90. The predicted molar refractivity (Wildman–Crippen MR) is 102 cm³/mol. The molecule has 0 radical (unpaired) electrons. The summed E-state index contributed by atoms with van der Waals surface area (Å²) in [5.41, 5.74) is 0.832. The van der Waals surface area contributed by atoms with E-state index in [0.29, 0.717) is 18.9 Å². The van der Waals surface area contributed by atoms with Crippen molar-refractivity contribution in [3.05, 3.63) is 63.4 Å². The Hall–Kier alpha value is -1.71. The van der Waals surface area contributed by atoms with Crippen LogP contribution in [0.4, 0.5) is 0 Å². The molecule has 0 aliphatic rings. The summed E-state index contributed by atoms with van der Waals surface area (Å²) < 4.78 is 32.3. The lowest BCUT2D eigenvalue weighted by Crippen LogP contribution is -2.35. The topological polar surface area (TPSA) is 106 Å². The van der Waals surface area contributed by atoms with Crippen LogP contribution >= 0.6 is 23.2 Å². The minimum Gasteiger partial charge on any atom is -0.395 e. The number of pyridine rings is 1. The molecule has 0 spiro atoms. The summed E-state index contributed by atoms with van der Waals surface area (Å²) in [4.78, 5) is 16.3. The molecule has 0 fully saturated rings. The van der Waals surface area contributed by atoms with Crippen molar-refractivity contribution in [3.63, 3.8) is 0 Å². The molecule has 7 nitrogen and oxygen atoms in total. The van der Waals surface area contributed by atoms with E-state index in [9.17, 15) is 18.3 Å².